The Balaban J connectivity index is 1.62. The quantitative estimate of drug-likeness (QED) is 0.593. The molecule has 0 aliphatic rings. The molecule has 2 aromatic carbocycles. The first-order valence-electron chi connectivity index (χ1n) is 8.73. The summed E-state index contributed by atoms with van der Waals surface area (Å²) in [6.45, 7) is 4.44. The van der Waals surface area contributed by atoms with Gasteiger partial charge in [-0.05, 0) is 30.3 Å². The molecule has 0 radical (unpaired) electrons. The molecule has 0 bridgehead atoms. The van der Waals surface area contributed by atoms with Gasteiger partial charge in [0.1, 0.15) is 5.82 Å². The maximum Gasteiger partial charge on any atom is 0.318 e. The maximum atomic E-state index is 13.9. The molecule has 3 aromatic rings. The largest absolute Gasteiger partial charge is 0.334 e. The average Bonchev–Trinajstić information content (AvgIpc) is 3.17. The lowest BCUT2D eigenvalue weighted by Crippen LogP contribution is -2.39. The third kappa shape index (κ3) is 4.98. The van der Waals surface area contributed by atoms with Crippen LogP contribution in [0.1, 0.15) is 11.1 Å². The van der Waals surface area contributed by atoms with Crippen molar-refractivity contribution in [2.75, 3.05) is 6.54 Å². The molecule has 0 unspecified atom stereocenters. The fourth-order valence-corrected chi connectivity index (χ4v) is 2.81. The van der Waals surface area contributed by atoms with Gasteiger partial charge in [0.05, 0.1) is 18.4 Å². The fourth-order valence-electron chi connectivity index (χ4n) is 2.68. The molecule has 144 valence electrons. The minimum Gasteiger partial charge on any atom is -0.334 e. The summed E-state index contributed by atoms with van der Waals surface area (Å²) >= 11 is 5.90. The normalized spacial score (nSPS) is 10.5. The van der Waals surface area contributed by atoms with Crippen LogP contribution in [0.25, 0.3) is 5.69 Å². The summed E-state index contributed by atoms with van der Waals surface area (Å²) < 4.78 is 15.6. The molecule has 3 rings (SSSR count). The number of carbonyl (C=O) groups is 1. The fraction of sp³-hybridized carbons (Fsp3) is 0.143. The van der Waals surface area contributed by atoms with Crippen LogP contribution in [0.2, 0.25) is 5.02 Å². The van der Waals surface area contributed by atoms with E-state index in [1.54, 1.807) is 47.3 Å². The zero-order chi connectivity index (χ0) is 19.9. The van der Waals surface area contributed by atoms with E-state index >= 15 is 0 Å². The first-order chi connectivity index (χ1) is 13.6. The second kappa shape index (κ2) is 9.19. The zero-order valence-corrected chi connectivity index (χ0v) is 15.9. The molecule has 0 aliphatic heterocycles. The third-order valence-corrected chi connectivity index (χ3v) is 4.38. The molecule has 28 heavy (non-hydrogen) atoms. The lowest BCUT2D eigenvalue weighted by Gasteiger charge is -2.22. The molecule has 0 spiro atoms. The summed E-state index contributed by atoms with van der Waals surface area (Å²) in [6, 6.07) is 13.4. The van der Waals surface area contributed by atoms with Crippen molar-refractivity contribution < 1.29 is 9.18 Å². The van der Waals surface area contributed by atoms with Crippen LogP contribution >= 0.6 is 11.6 Å². The second-order valence-electron chi connectivity index (χ2n) is 6.19. The van der Waals surface area contributed by atoms with E-state index < -0.39 is 0 Å². The van der Waals surface area contributed by atoms with Crippen LogP contribution in [-0.4, -0.2) is 27.3 Å². The number of aromatic nitrogens is 2. The molecular formula is C21H20ClFN4O. The standard InChI is InChI=1S/C21H20ClFN4O/c1-2-11-26(15-17-5-3-4-6-20(17)23)21(28)24-12-16-13-25-27(14-16)19-9-7-18(22)8-10-19/h2-10,13-14H,1,11-12,15H2,(H,24,28). The number of nitrogens with zero attached hydrogens (tertiary/aromatic N) is 3. The molecule has 1 N–H and O–H groups in total. The number of halogens is 2. The predicted octanol–water partition coefficient (Wildman–Crippen LogP) is 4.56. The van der Waals surface area contributed by atoms with Gasteiger partial charge in [-0.1, -0.05) is 35.9 Å². The molecule has 1 aromatic heterocycles. The van der Waals surface area contributed by atoms with Gasteiger partial charge in [-0.15, -0.1) is 6.58 Å². The second-order valence-corrected chi connectivity index (χ2v) is 6.63. The van der Waals surface area contributed by atoms with Gasteiger partial charge in [0.25, 0.3) is 0 Å². The van der Waals surface area contributed by atoms with Crippen molar-refractivity contribution in [3.63, 3.8) is 0 Å². The van der Waals surface area contributed by atoms with Crippen LogP contribution in [0, 0.1) is 5.82 Å². The van der Waals surface area contributed by atoms with E-state index in [4.69, 9.17) is 11.6 Å². The van der Waals surface area contributed by atoms with Gasteiger partial charge in [-0.25, -0.2) is 13.9 Å². The van der Waals surface area contributed by atoms with Crippen LogP contribution < -0.4 is 5.32 Å². The molecule has 1 heterocycles. The molecule has 0 fully saturated rings. The van der Waals surface area contributed by atoms with Crippen molar-refractivity contribution in [2.24, 2.45) is 0 Å². The molecule has 0 aliphatic carbocycles. The van der Waals surface area contributed by atoms with E-state index in [0.717, 1.165) is 11.3 Å². The SMILES string of the molecule is C=CCN(Cc1ccccc1F)C(=O)NCc1cnn(-c2ccc(Cl)cc2)c1. The van der Waals surface area contributed by atoms with Gasteiger partial charge in [-0.2, -0.15) is 5.10 Å². The Morgan fingerprint density at radius 1 is 1.25 bits per heavy atom. The Morgan fingerprint density at radius 3 is 2.71 bits per heavy atom. The van der Waals surface area contributed by atoms with Crippen LogP contribution in [0.5, 0.6) is 0 Å². The van der Waals surface area contributed by atoms with Crippen LogP contribution in [0.4, 0.5) is 9.18 Å². The van der Waals surface area contributed by atoms with E-state index in [1.165, 1.54) is 11.0 Å². The summed E-state index contributed by atoms with van der Waals surface area (Å²) in [5.41, 5.74) is 2.16. The molecule has 2 amide bonds. The summed E-state index contributed by atoms with van der Waals surface area (Å²) in [4.78, 5) is 14.0. The third-order valence-electron chi connectivity index (χ3n) is 4.13. The minimum atomic E-state index is -0.339. The smallest absolute Gasteiger partial charge is 0.318 e. The topological polar surface area (TPSA) is 50.2 Å². The van der Waals surface area contributed by atoms with Crippen LogP contribution in [0.15, 0.2) is 73.6 Å². The number of benzene rings is 2. The number of hydrogen-bond donors (Lipinski definition) is 1. The number of rotatable bonds is 7. The lowest BCUT2D eigenvalue weighted by atomic mass is 10.2. The molecular weight excluding hydrogens is 379 g/mol. The lowest BCUT2D eigenvalue weighted by molar-refractivity contribution is 0.200. The molecule has 7 heteroatoms. The Kier molecular flexibility index (Phi) is 6.45. The predicted molar refractivity (Wildman–Crippen MR) is 108 cm³/mol. The molecule has 5 nitrogen and oxygen atoms in total. The highest BCUT2D eigenvalue weighted by atomic mass is 35.5. The molecule has 0 saturated carbocycles. The minimum absolute atomic E-state index is 0.161. The molecule has 0 saturated heterocycles. The van der Waals surface area contributed by atoms with Gasteiger partial charge in [0.2, 0.25) is 0 Å². The molecule has 0 atom stereocenters. The first kappa shape index (κ1) is 19.6. The Morgan fingerprint density at radius 2 is 2.00 bits per heavy atom. The monoisotopic (exact) mass is 398 g/mol. The van der Waals surface area contributed by atoms with E-state index in [2.05, 4.69) is 17.0 Å². The average molecular weight is 399 g/mol. The van der Waals surface area contributed by atoms with Crippen molar-refractivity contribution in [2.45, 2.75) is 13.1 Å². The number of amides is 2. The van der Waals surface area contributed by atoms with Crippen molar-refractivity contribution in [1.82, 2.24) is 20.0 Å². The maximum absolute atomic E-state index is 13.9. The highest BCUT2D eigenvalue weighted by Crippen LogP contribution is 2.14. The van der Waals surface area contributed by atoms with E-state index in [0.29, 0.717) is 23.7 Å². The van der Waals surface area contributed by atoms with Crippen molar-refractivity contribution in [3.8, 4) is 5.69 Å². The zero-order valence-electron chi connectivity index (χ0n) is 15.2. The van der Waals surface area contributed by atoms with Crippen LogP contribution in [0.3, 0.4) is 0 Å². The van der Waals surface area contributed by atoms with Gasteiger partial charge in [0, 0.05) is 35.4 Å². The highest BCUT2D eigenvalue weighted by Gasteiger charge is 2.14. The van der Waals surface area contributed by atoms with Gasteiger partial charge in [0.15, 0.2) is 0 Å². The summed E-state index contributed by atoms with van der Waals surface area (Å²) in [6.07, 6.45) is 5.13. The number of urea groups is 1. The number of nitrogens with one attached hydrogen (secondary N) is 1. The number of hydrogen-bond acceptors (Lipinski definition) is 2. The van der Waals surface area contributed by atoms with Gasteiger partial charge >= 0.3 is 6.03 Å². The number of carbonyl (C=O) groups excluding carboxylic acids is 1. The van der Waals surface area contributed by atoms with E-state index in [-0.39, 0.29) is 18.4 Å². The first-order valence-corrected chi connectivity index (χ1v) is 9.11. The highest BCUT2D eigenvalue weighted by molar-refractivity contribution is 6.30. The van der Waals surface area contributed by atoms with E-state index in [9.17, 15) is 9.18 Å². The Labute approximate surface area is 168 Å². The van der Waals surface area contributed by atoms with E-state index in [1.807, 2.05) is 18.3 Å². The van der Waals surface area contributed by atoms with Crippen molar-refractivity contribution in [1.29, 1.82) is 0 Å². The van der Waals surface area contributed by atoms with Gasteiger partial charge < -0.3 is 10.2 Å². The summed E-state index contributed by atoms with van der Waals surface area (Å²) in [5, 5.41) is 7.79. The Hall–Kier alpha value is -3.12. The van der Waals surface area contributed by atoms with Crippen molar-refractivity contribution >= 4 is 17.6 Å². The van der Waals surface area contributed by atoms with Crippen molar-refractivity contribution in [3.05, 3.63) is 95.5 Å². The summed E-state index contributed by atoms with van der Waals surface area (Å²) in [7, 11) is 0. The van der Waals surface area contributed by atoms with Crippen LogP contribution in [-0.2, 0) is 13.1 Å². The van der Waals surface area contributed by atoms with Gasteiger partial charge in [-0.3, -0.25) is 0 Å². The Bertz CT molecular complexity index is 955. The summed E-state index contributed by atoms with van der Waals surface area (Å²) in [5.74, 6) is -0.339.